The van der Waals surface area contributed by atoms with E-state index in [4.69, 9.17) is 0 Å². The first-order valence-corrected chi connectivity index (χ1v) is 26.8. The van der Waals surface area contributed by atoms with E-state index in [1.807, 2.05) is 0 Å². The second kappa shape index (κ2) is 25.9. The molecule has 7 aromatic carbocycles. The summed E-state index contributed by atoms with van der Waals surface area (Å²) in [4.78, 5) is 0. The molecular formula is C64H77N2P. The normalized spacial score (nSPS) is 14.5. The zero-order valence-electron chi connectivity index (χ0n) is 41.4. The lowest BCUT2D eigenvalue weighted by Crippen LogP contribution is -2.39. The van der Waals surface area contributed by atoms with Crippen LogP contribution in [-0.4, -0.2) is 17.4 Å². The van der Waals surface area contributed by atoms with Gasteiger partial charge in [0.25, 0.3) is 0 Å². The lowest BCUT2D eigenvalue weighted by atomic mass is 9.74. The molecule has 2 nitrogen and oxygen atoms in total. The summed E-state index contributed by atoms with van der Waals surface area (Å²) in [5.41, 5.74) is 10.1. The van der Waals surface area contributed by atoms with Crippen LogP contribution in [0.3, 0.4) is 0 Å². The molecule has 0 aromatic heterocycles. The minimum absolute atomic E-state index is 0.384. The van der Waals surface area contributed by atoms with Crippen molar-refractivity contribution in [2.45, 2.75) is 135 Å². The molecule has 0 heterocycles. The molecule has 7 rings (SSSR count). The molecule has 0 saturated carbocycles. The average molecular weight is 905 g/mol. The van der Waals surface area contributed by atoms with E-state index >= 15 is 0 Å². The predicted molar refractivity (Wildman–Crippen MR) is 291 cm³/mol. The van der Waals surface area contributed by atoms with Crippen molar-refractivity contribution in [3.63, 3.8) is 0 Å². The van der Waals surface area contributed by atoms with Crippen LogP contribution >= 0.6 is 8.07 Å². The van der Waals surface area contributed by atoms with Crippen molar-refractivity contribution in [3.05, 3.63) is 239 Å². The van der Waals surface area contributed by atoms with Crippen molar-refractivity contribution < 1.29 is 0 Å². The first-order chi connectivity index (χ1) is 32.8. The maximum absolute atomic E-state index is 3.88. The summed E-state index contributed by atoms with van der Waals surface area (Å²) in [7, 11) is -0.674. The maximum Gasteiger partial charge on any atom is 0.0528 e. The van der Waals surface area contributed by atoms with Gasteiger partial charge in [0, 0.05) is 20.7 Å². The third kappa shape index (κ3) is 14.0. The molecule has 0 fully saturated rings. The molecule has 0 bridgehead atoms. The highest BCUT2D eigenvalue weighted by atomic mass is 31.1. The van der Waals surface area contributed by atoms with Gasteiger partial charge in [-0.25, -0.2) is 0 Å². The number of nitrogens with one attached hydrogen (secondary N) is 1. The summed E-state index contributed by atoms with van der Waals surface area (Å²) in [6.07, 6.45) is 8.00. The molecule has 0 aliphatic heterocycles. The van der Waals surface area contributed by atoms with Gasteiger partial charge >= 0.3 is 0 Å². The van der Waals surface area contributed by atoms with Crippen LogP contribution in [0.4, 0.5) is 0 Å². The van der Waals surface area contributed by atoms with E-state index in [1.165, 1.54) is 56.0 Å². The molecule has 0 spiro atoms. The summed E-state index contributed by atoms with van der Waals surface area (Å²) in [6.45, 7) is 15.8. The van der Waals surface area contributed by atoms with E-state index in [0.29, 0.717) is 41.5 Å². The summed E-state index contributed by atoms with van der Waals surface area (Å²) >= 11 is 0. The van der Waals surface area contributed by atoms with E-state index < -0.39 is 8.07 Å². The van der Waals surface area contributed by atoms with Gasteiger partial charge in [0.05, 0.1) is 6.67 Å². The second-order valence-corrected chi connectivity index (χ2v) is 21.5. The lowest BCUT2D eigenvalue weighted by molar-refractivity contribution is 0.355. The van der Waals surface area contributed by atoms with Gasteiger partial charge in [0.1, 0.15) is 0 Å². The predicted octanol–water partition coefficient (Wildman–Crippen LogP) is 16.6. The third-order valence-electron chi connectivity index (χ3n) is 14.5. The molecule has 1 N–H and O–H groups in total. The van der Waals surface area contributed by atoms with Gasteiger partial charge in [-0.2, -0.15) is 0 Å². The number of nitrogens with zero attached hydrogens (tertiary/aromatic N) is 1. The van der Waals surface area contributed by atoms with Crippen LogP contribution in [0.15, 0.2) is 200 Å². The zero-order chi connectivity index (χ0) is 46.8. The number of rotatable bonds is 25. The Balaban J connectivity index is 1.10. The Morgan fingerprint density at radius 2 is 0.701 bits per heavy atom. The monoisotopic (exact) mass is 905 g/mol. The largest absolute Gasteiger partial charge is 0.300 e. The minimum Gasteiger partial charge on any atom is -0.300 e. The molecule has 0 radical (unpaired) electrons. The molecule has 0 aliphatic carbocycles. The van der Waals surface area contributed by atoms with Crippen molar-refractivity contribution in [1.29, 1.82) is 0 Å². The molecule has 6 unspecified atom stereocenters. The summed E-state index contributed by atoms with van der Waals surface area (Å²) in [6, 6.07) is 75.9. The molecule has 0 aliphatic rings. The van der Waals surface area contributed by atoms with Gasteiger partial charge in [-0.3, -0.25) is 9.99 Å². The molecule has 3 heteroatoms. The second-order valence-electron chi connectivity index (χ2n) is 19.3. The van der Waals surface area contributed by atoms with Crippen molar-refractivity contribution in [2.24, 2.45) is 0 Å². The molecule has 7 aromatic rings. The molecular weight excluding hydrogens is 828 g/mol. The highest BCUT2D eigenvalue weighted by Gasteiger charge is 2.28. The first kappa shape index (κ1) is 49.8. The van der Waals surface area contributed by atoms with Crippen molar-refractivity contribution in [1.82, 2.24) is 9.99 Å². The van der Waals surface area contributed by atoms with Crippen molar-refractivity contribution in [2.75, 3.05) is 6.67 Å². The summed E-state index contributed by atoms with van der Waals surface area (Å²) in [5, 5.41) is 6.65. The van der Waals surface area contributed by atoms with E-state index in [2.05, 4.69) is 252 Å². The van der Waals surface area contributed by atoms with E-state index in [1.54, 1.807) is 0 Å². The average Bonchev–Trinajstić information content (AvgIpc) is 3.39. The minimum atomic E-state index is -0.674. The summed E-state index contributed by atoms with van der Waals surface area (Å²) in [5.74, 6) is 2.94. The Morgan fingerprint density at radius 3 is 1.12 bits per heavy atom. The maximum atomic E-state index is 3.88. The summed E-state index contributed by atoms with van der Waals surface area (Å²) < 4.78 is 2.65. The number of hydrogen-bond acceptors (Lipinski definition) is 2. The Morgan fingerprint density at radius 1 is 0.373 bits per heavy atom. The van der Waals surface area contributed by atoms with Crippen LogP contribution in [0, 0.1) is 0 Å². The van der Waals surface area contributed by atoms with Gasteiger partial charge in [-0.05, 0) is 144 Å². The molecule has 348 valence electrons. The van der Waals surface area contributed by atoms with Crippen LogP contribution in [-0.2, 0) is 6.54 Å². The molecule has 0 amide bonds. The SMILES string of the molecule is CCC(CC(C)c1ccccc1)c1ccc(C(CC)CC(CC(CC(CC)c2ccccc2)c2ccc(CNCN(C(C)C)P(c3ccccc3)c3ccccc3)cc2)c2ccccc2)cc1. The fourth-order valence-electron chi connectivity index (χ4n) is 10.5. The topological polar surface area (TPSA) is 15.3 Å². The number of hydrogen-bond donors (Lipinski definition) is 1. The smallest absolute Gasteiger partial charge is 0.0528 e. The van der Waals surface area contributed by atoms with Gasteiger partial charge in [0.2, 0.25) is 0 Å². The Hall–Kier alpha value is -5.11. The van der Waals surface area contributed by atoms with Crippen LogP contribution in [0.5, 0.6) is 0 Å². The third-order valence-corrected chi connectivity index (χ3v) is 17.2. The molecule has 0 saturated heterocycles. The quantitative estimate of drug-likeness (QED) is 0.0454. The van der Waals surface area contributed by atoms with Crippen LogP contribution in [0.25, 0.3) is 0 Å². The van der Waals surface area contributed by atoms with Gasteiger partial charge in [-0.15, -0.1) is 0 Å². The zero-order valence-corrected chi connectivity index (χ0v) is 42.2. The molecule has 67 heavy (non-hydrogen) atoms. The highest BCUT2D eigenvalue weighted by Crippen LogP contribution is 2.44. The fraction of sp³-hybridized carbons (Fsp3) is 0.344. The van der Waals surface area contributed by atoms with Gasteiger partial charge in [0.15, 0.2) is 0 Å². The van der Waals surface area contributed by atoms with Gasteiger partial charge < -0.3 is 0 Å². The first-order valence-electron chi connectivity index (χ1n) is 25.6. The highest BCUT2D eigenvalue weighted by molar-refractivity contribution is 7.70. The van der Waals surface area contributed by atoms with Gasteiger partial charge in [-0.1, -0.05) is 228 Å². The Bertz CT molecular complexity index is 2360. The standard InChI is InChI=1S/C64H77N2P/c1-7-52(43-50(6)55-25-15-10-16-26-55)58-39-41-59(42-40-58)54(9-3)45-61(57-29-19-12-20-30-57)46-62(44-53(8-2)56-27-17-11-18-28-56)60-37-35-51(36-38-60)47-65-48-66(49(4)5)67(63-31-21-13-22-32-63)64-33-23-14-24-34-64/h10-42,49-50,52-54,61-62,65H,7-9,43-48H2,1-6H3. The van der Waals surface area contributed by atoms with Crippen LogP contribution < -0.4 is 15.9 Å². The van der Waals surface area contributed by atoms with Crippen molar-refractivity contribution >= 4 is 18.7 Å². The molecule has 6 atom stereocenters. The van der Waals surface area contributed by atoms with Crippen LogP contribution in [0.1, 0.15) is 161 Å². The Labute approximate surface area is 407 Å². The lowest BCUT2D eigenvalue weighted by Gasteiger charge is -2.35. The van der Waals surface area contributed by atoms with Crippen LogP contribution in [0.2, 0.25) is 0 Å². The van der Waals surface area contributed by atoms with Crippen molar-refractivity contribution in [3.8, 4) is 0 Å². The Kier molecular flexibility index (Phi) is 19.2. The van der Waals surface area contributed by atoms with E-state index in [-0.39, 0.29) is 0 Å². The van der Waals surface area contributed by atoms with E-state index in [0.717, 1.165) is 51.7 Å². The van der Waals surface area contributed by atoms with E-state index in [9.17, 15) is 0 Å². The fourth-order valence-corrected chi connectivity index (χ4v) is 13.0. The number of benzene rings is 7.